The fraction of sp³-hybridized carbons (Fsp3) is 0.846. The minimum atomic E-state index is -0.773. The van der Waals surface area contributed by atoms with Crippen LogP contribution in [0.25, 0.3) is 0 Å². The van der Waals surface area contributed by atoms with Gasteiger partial charge in [-0.2, -0.15) is 0 Å². The average molecular weight is 257 g/mol. The largest absolute Gasteiger partial charge is 0.481 e. The third-order valence-corrected chi connectivity index (χ3v) is 3.48. The molecule has 0 aliphatic heterocycles. The lowest BCUT2D eigenvalue weighted by Crippen LogP contribution is -2.30. The van der Waals surface area contributed by atoms with Gasteiger partial charge in [-0.15, -0.1) is 0 Å². The zero-order chi connectivity index (χ0) is 13.4. The molecule has 0 radical (unpaired) electrons. The molecule has 2 N–H and O–H groups in total. The highest BCUT2D eigenvalue weighted by molar-refractivity contribution is 5.80. The third-order valence-electron chi connectivity index (χ3n) is 3.48. The zero-order valence-corrected chi connectivity index (χ0v) is 11.0. The van der Waals surface area contributed by atoms with Crippen molar-refractivity contribution in [3.8, 4) is 0 Å². The van der Waals surface area contributed by atoms with E-state index in [1.54, 1.807) is 7.11 Å². The van der Waals surface area contributed by atoms with Crippen LogP contribution in [0.1, 0.15) is 38.5 Å². The van der Waals surface area contributed by atoms with Crippen LogP contribution < -0.4 is 5.32 Å². The molecule has 0 heterocycles. The van der Waals surface area contributed by atoms with Gasteiger partial charge < -0.3 is 15.2 Å². The van der Waals surface area contributed by atoms with Gasteiger partial charge in [0.15, 0.2) is 0 Å². The van der Waals surface area contributed by atoms with Gasteiger partial charge in [-0.3, -0.25) is 9.59 Å². The SMILES string of the molecule is COCCCCCNC(=O)[C@@H]1CC[C@H](C(=O)O)C1. The average Bonchev–Trinajstić information content (AvgIpc) is 2.83. The van der Waals surface area contributed by atoms with Gasteiger partial charge in [0, 0.05) is 26.2 Å². The minimum absolute atomic E-state index is 0.0190. The van der Waals surface area contributed by atoms with E-state index in [0.717, 1.165) is 25.9 Å². The summed E-state index contributed by atoms with van der Waals surface area (Å²) in [5.74, 6) is -1.19. The Morgan fingerprint density at radius 1 is 1.22 bits per heavy atom. The van der Waals surface area contributed by atoms with E-state index in [2.05, 4.69) is 5.32 Å². The Bertz CT molecular complexity index is 280. The Balaban J connectivity index is 2.09. The first-order valence-electron chi connectivity index (χ1n) is 6.64. The smallest absolute Gasteiger partial charge is 0.306 e. The highest BCUT2D eigenvalue weighted by Crippen LogP contribution is 2.30. The van der Waals surface area contributed by atoms with Crippen molar-refractivity contribution < 1.29 is 19.4 Å². The zero-order valence-electron chi connectivity index (χ0n) is 11.0. The summed E-state index contributed by atoms with van der Waals surface area (Å²) in [6.45, 7) is 1.44. The number of hydrogen-bond acceptors (Lipinski definition) is 3. The molecule has 0 bridgehead atoms. The lowest BCUT2D eigenvalue weighted by Gasteiger charge is -2.10. The second-order valence-electron chi connectivity index (χ2n) is 4.89. The van der Waals surface area contributed by atoms with Gasteiger partial charge in [0.1, 0.15) is 0 Å². The number of carbonyl (C=O) groups excluding carboxylic acids is 1. The molecule has 0 aromatic rings. The van der Waals surface area contributed by atoms with Crippen LogP contribution in [0.5, 0.6) is 0 Å². The summed E-state index contributed by atoms with van der Waals surface area (Å²) in [6.07, 6.45) is 4.82. The molecule has 2 atom stereocenters. The van der Waals surface area contributed by atoms with Crippen molar-refractivity contribution in [1.29, 1.82) is 0 Å². The molecule has 5 heteroatoms. The molecule has 0 saturated heterocycles. The topological polar surface area (TPSA) is 75.6 Å². The lowest BCUT2D eigenvalue weighted by atomic mass is 10.0. The Morgan fingerprint density at radius 3 is 2.56 bits per heavy atom. The number of methoxy groups -OCH3 is 1. The van der Waals surface area contributed by atoms with Crippen molar-refractivity contribution in [2.24, 2.45) is 11.8 Å². The van der Waals surface area contributed by atoms with E-state index in [-0.39, 0.29) is 17.7 Å². The molecule has 0 aromatic carbocycles. The number of rotatable bonds is 8. The van der Waals surface area contributed by atoms with Crippen molar-refractivity contribution in [1.82, 2.24) is 5.32 Å². The van der Waals surface area contributed by atoms with Crippen molar-refractivity contribution in [2.45, 2.75) is 38.5 Å². The summed E-state index contributed by atoms with van der Waals surface area (Å²) < 4.78 is 4.94. The molecule has 18 heavy (non-hydrogen) atoms. The van der Waals surface area contributed by atoms with Gasteiger partial charge >= 0.3 is 5.97 Å². The third kappa shape index (κ3) is 5.04. The number of amides is 1. The number of nitrogens with one attached hydrogen (secondary N) is 1. The highest BCUT2D eigenvalue weighted by Gasteiger charge is 2.33. The number of unbranched alkanes of at least 4 members (excludes halogenated alkanes) is 2. The number of hydrogen-bond donors (Lipinski definition) is 2. The Kier molecular flexibility index (Phi) is 6.72. The monoisotopic (exact) mass is 257 g/mol. The molecule has 104 valence electrons. The first kappa shape index (κ1) is 15.0. The fourth-order valence-electron chi connectivity index (χ4n) is 2.35. The molecule has 1 fully saturated rings. The van der Waals surface area contributed by atoms with Crippen LogP contribution in [0.3, 0.4) is 0 Å². The standard InChI is InChI=1S/C13H23NO4/c1-18-8-4-2-3-7-14-12(15)10-5-6-11(9-10)13(16)17/h10-11H,2-9H2,1H3,(H,14,15)(H,16,17)/t10-,11+/m1/s1. The van der Waals surface area contributed by atoms with Crippen LogP contribution in [0.2, 0.25) is 0 Å². The van der Waals surface area contributed by atoms with Crippen LogP contribution in [0, 0.1) is 11.8 Å². The summed E-state index contributed by atoms with van der Waals surface area (Å²) >= 11 is 0. The number of carbonyl (C=O) groups is 2. The summed E-state index contributed by atoms with van der Waals surface area (Å²) in [6, 6.07) is 0. The highest BCUT2D eigenvalue weighted by atomic mass is 16.5. The molecule has 0 aromatic heterocycles. The predicted octanol–water partition coefficient (Wildman–Crippen LogP) is 1.42. The van der Waals surface area contributed by atoms with E-state index in [9.17, 15) is 9.59 Å². The lowest BCUT2D eigenvalue weighted by molar-refractivity contribution is -0.141. The minimum Gasteiger partial charge on any atom is -0.481 e. The van der Waals surface area contributed by atoms with E-state index >= 15 is 0 Å². The molecule has 0 unspecified atom stereocenters. The summed E-state index contributed by atoms with van der Waals surface area (Å²) in [5, 5.41) is 11.8. The number of aliphatic carboxylic acids is 1. The molecular formula is C13H23NO4. The van der Waals surface area contributed by atoms with Crippen LogP contribution in [0.15, 0.2) is 0 Å². The van der Waals surface area contributed by atoms with Crippen LogP contribution >= 0.6 is 0 Å². The second-order valence-corrected chi connectivity index (χ2v) is 4.89. The Labute approximate surface area is 108 Å². The number of carboxylic acids is 1. The molecule has 0 spiro atoms. The van der Waals surface area contributed by atoms with E-state index in [1.807, 2.05) is 0 Å². The maximum atomic E-state index is 11.8. The van der Waals surface area contributed by atoms with Gasteiger partial charge in [-0.05, 0) is 38.5 Å². The molecule has 1 rings (SSSR count). The molecular weight excluding hydrogens is 234 g/mol. The van der Waals surface area contributed by atoms with E-state index in [0.29, 0.717) is 25.8 Å². The molecule has 1 aliphatic rings. The van der Waals surface area contributed by atoms with Crippen molar-refractivity contribution in [3.63, 3.8) is 0 Å². The van der Waals surface area contributed by atoms with Gasteiger partial charge in [-0.25, -0.2) is 0 Å². The molecule has 1 aliphatic carbocycles. The number of ether oxygens (including phenoxy) is 1. The summed E-state index contributed by atoms with van der Waals surface area (Å²) in [5.41, 5.74) is 0. The summed E-state index contributed by atoms with van der Waals surface area (Å²) in [7, 11) is 1.68. The maximum Gasteiger partial charge on any atom is 0.306 e. The molecule has 5 nitrogen and oxygen atoms in total. The maximum absolute atomic E-state index is 11.8. The Hall–Kier alpha value is -1.10. The van der Waals surface area contributed by atoms with Crippen LogP contribution in [0.4, 0.5) is 0 Å². The number of carboxylic acid groups (broad SMARTS) is 1. The van der Waals surface area contributed by atoms with Gasteiger partial charge in [0.2, 0.25) is 5.91 Å². The molecule has 1 amide bonds. The predicted molar refractivity (Wildman–Crippen MR) is 67.2 cm³/mol. The summed E-state index contributed by atoms with van der Waals surface area (Å²) in [4.78, 5) is 22.6. The van der Waals surface area contributed by atoms with Gasteiger partial charge in [0.05, 0.1) is 5.92 Å². The Morgan fingerprint density at radius 2 is 1.94 bits per heavy atom. The van der Waals surface area contributed by atoms with Crippen molar-refractivity contribution >= 4 is 11.9 Å². The van der Waals surface area contributed by atoms with Crippen molar-refractivity contribution in [2.75, 3.05) is 20.3 Å². The normalized spacial score (nSPS) is 22.9. The van der Waals surface area contributed by atoms with E-state index in [4.69, 9.17) is 9.84 Å². The van der Waals surface area contributed by atoms with E-state index < -0.39 is 5.97 Å². The van der Waals surface area contributed by atoms with Crippen LogP contribution in [-0.4, -0.2) is 37.2 Å². The van der Waals surface area contributed by atoms with E-state index in [1.165, 1.54) is 0 Å². The van der Waals surface area contributed by atoms with Gasteiger partial charge in [-0.1, -0.05) is 0 Å². The van der Waals surface area contributed by atoms with Gasteiger partial charge in [0.25, 0.3) is 0 Å². The van der Waals surface area contributed by atoms with Crippen molar-refractivity contribution in [3.05, 3.63) is 0 Å². The molecule has 1 saturated carbocycles. The quantitative estimate of drug-likeness (QED) is 0.645. The van der Waals surface area contributed by atoms with Crippen LogP contribution in [-0.2, 0) is 14.3 Å². The second kappa shape index (κ2) is 8.08. The fourth-order valence-corrected chi connectivity index (χ4v) is 2.35. The first-order chi connectivity index (χ1) is 8.65. The first-order valence-corrected chi connectivity index (χ1v) is 6.64.